The zero-order chi connectivity index (χ0) is 10.8. The highest BCUT2D eigenvalue weighted by Gasteiger charge is 2.31. The van der Waals surface area contributed by atoms with Crippen LogP contribution in [0.5, 0.6) is 0 Å². The summed E-state index contributed by atoms with van der Waals surface area (Å²) in [4.78, 5) is 11.0. The van der Waals surface area contributed by atoms with Crippen LogP contribution in [0.4, 0.5) is 5.82 Å². The van der Waals surface area contributed by atoms with Crippen molar-refractivity contribution in [3.05, 3.63) is 18.6 Å². The maximum atomic E-state index is 4.27. The van der Waals surface area contributed by atoms with Gasteiger partial charge in [0.15, 0.2) is 0 Å². The number of piperidine rings is 1. The van der Waals surface area contributed by atoms with Crippen LogP contribution in [0.2, 0.25) is 0 Å². The first kappa shape index (κ1) is 10.0. The van der Waals surface area contributed by atoms with Crippen molar-refractivity contribution in [1.82, 2.24) is 14.9 Å². The molecular weight excluding hydrogens is 200 g/mol. The Kier molecular flexibility index (Phi) is 2.74. The second kappa shape index (κ2) is 4.37. The molecule has 2 fully saturated rings. The lowest BCUT2D eigenvalue weighted by atomic mass is 9.98. The topological polar surface area (TPSA) is 41.1 Å². The molecule has 4 nitrogen and oxygen atoms in total. The van der Waals surface area contributed by atoms with Gasteiger partial charge in [0, 0.05) is 31.0 Å². The van der Waals surface area contributed by atoms with Gasteiger partial charge in [0.05, 0.1) is 6.20 Å². The van der Waals surface area contributed by atoms with Crippen LogP contribution in [0.15, 0.2) is 18.6 Å². The van der Waals surface area contributed by atoms with Gasteiger partial charge in [0.1, 0.15) is 5.82 Å². The first-order chi connectivity index (χ1) is 7.92. The van der Waals surface area contributed by atoms with E-state index in [9.17, 15) is 0 Å². The van der Waals surface area contributed by atoms with E-state index in [4.69, 9.17) is 0 Å². The number of aromatic nitrogens is 2. The number of hydrogen-bond donors (Lipinski definition) is 1. The van der Waals surface area contributed by atoms with Crippen molar-refractivity contribution in [1.29, 1.82) is 0 Å². The largest absolute Gasteiger partial charge is 0.366 e. The van der Waals surface area contributed by atoms with Gasteiger partial charge in [-0.1, -0.05) is 0 Å². The van der Waals surface area contributed by atoms with E-state index < -0.39 is 0 Å². The van der Waals surface area contributed by atoms with Crippen molar-refractivity contribution < 1.29 is 0 Å². The standard InChI is InChI=1S/C12H18N4/c1-2-11-8-10(3-7-16(11)6-1)15-12-9-13-4-5-14-12/h4-5,9-11H,1-3,6-8H2,(H,14,15)/t10-,11-/m1/s1. The first-order valence-corrected chi connectivity index (χ1v) is 6.18. The highest BCUT2D eigenvalue weighted by molar-refractivity contribution is 5.31. The molecular formula is C12H18N4. The van der Waals surface area contributed by atoms with Gasteiger partial charge in [-0.3, -0.25) is 4.98 Å². The highest BCUT2D eigenvalue weighted by atomic mass is 15.2. The molecule has 1 aromatic heterocycles. The lowest BCUT2D eigenvalue weighted by Crippen LogP contribution is -2.42. The summed E-state index contributed by atoms with van der Waals surface area (Å²) < 4.78 is 0. The van der Waals surface area contributed by atoms with E-state index in [1.165, 1.54) is 38.8 Å². The highest BCUT2D eigenvalue weighted by Crippen LogP contribution is 2.27. The average Bonchev–Trinajstić information content (AvgIpc) is 2.77. The van der Waals surface area contributed by atoms with Crippen molar-refractivity contribution in [3.63, 3.8) is 0 Å². The van der Waals surface area contributed by atoms with Crippen LogP contribution in [-0.2, 0) is 0 Å². The normalized spacial score (nSPS) is 30.0. The summed E-state index contributed by atoms with van der Waals surface area (Å²) in [6.45, 7) is 2.55. The third-order valence-corrected chi connectivity index (χ3v) is 3.74. The van der Waals surface area contributed by atoms with E-state index in [2.05, 4.69) is 20.2 Å². The predicted molar refractivity (Wildman–Crippen MR) is 63.3 cm³/mol. The predicted octanol–water partition coefficient (Wildman–Crippen LogP) is 1.52. The molecule has 0 radical (unpaired) electrons. The van der Waals surface area contributed by atoms with Gasteiger partial charge < -0.3 is 10.2 Å². The van der Waals surface area contributed by atoms with Crippen molar-refractivity contribution in [2.45, 2.75) is 37.8 Å². The molecule has 0 unspecified atom stereocenters. The molecule has 0 spiro atoms. The molecule has 1 aromatic rings. The molecule has 0 saturated carbocycles. The fourth-order valence-electron chi connectivity index (χ4n) is 2.94. The number of nitrogens with zero attached hydrogens (tertiary/aromatic N) is 3. The van der Waals surface area contributed by atoms with E-state index >= 15 is 0 Å². The molecule has 2 atom stereocenters. The molecule has 0 aliphatic carbocycles. The van der Waals surface area contributed by atoms with E-state index in [0.717, 1.165) is 11.9 Å². The summed E-state index contributed by atoms with van der Waals surface area (Å²) in [7, 11) is 0. The third kappa shape index (κ3) is 2.02. The smallest absolute Gasteiger partial charge is 0.144 e. The molecule has 16 heavy (non-hydrogen) atoms. The monoisotopic (exact) mass is 218 g/mol. The second-order valence-electron chi connectivity index (χ2n) is 4.79. The van der Waals surface area contributed by atoms with Crippen LogP contribution in [0.25, 0.3) is 0 Å². The number of rotatable bonds is 2. The van der Waals surface area contributed by atoms with E-state index in [0.29, 0.717) is 6.04 Å². The van der Waals surface area contributed by atoms with Crippen LogP contribution in [0.1, 0.15) is 25.7 Å². The van der Waals surface area contributed by atoms with Gasteiger partial charge in [-0.05, 0) is 32.2 Å². The Morgan fingerprint density at radius 2 is 2.25 bits per heavy atom. The van der Waals surface area contributed by atoms with Crippen molar-refractivity contribution in [3.8, 4) is 0 Å². The molecule has 1 N–H and O–H groups in total. The maximum Gasteiger partial charge on any atom is 0.144 e. The molecule has 3 heterocycles. The van der Waals surface area contributed by atoms with Gasteiger partial charge in [-0.15, -0.1) is 0 Å². The van der Waals surface area contributed by atoms with Crippen molar-refractivity contribution in [2.75, 3.05) is 18.4 Å². The van der Waals surface area contributed by atoms with Crippen molar-refractivity contribution in [2.24, 2.45) is 0 Å². The van der Waals surface area contributed by atoms with Crippen LogP contribution in [0.3, 0.4) is 0 Å². The third-order valence-electron chi connectivity index (χ3n) is 3.74. The lowest BCUT2D eigenvalue weighted by molar-refractivity contribution is 0.188. The van der Waals surface area contributed by atoms with Crippen molar-refractivity contribution >= 4 is 5.82 Å². The molecule has 2 saturated heterocycles. The van der Waals surface area contributed by atoms with Crippen LogP contribution >= 0.6 is 0 Å². The minimum atomic E-state index is 0.580. The Morgan fingerprint density at radius 3 is 3.12 bits per heavy atom. The van der Waals surface area contributed by atoms with Crippen LogP contribution < -0.4 is 5.32 Å². The van der Waals surface area contributed by atoms with E-state index in [1.807, 2.05) is 0 Å². The van der Waals surface area contributed by atoms with Gasteiger partial charge >= 0.3 is 0 Å². The molecule has 86 valence electrons. The molecule has 4 heteroatoms. The molecule has 0 aromatic carbocycles. The zero-order valence-electron chi connectivity index (χ0n) is 9.47. The summed E-state index contributed by atoms with van der Waals surface area (Å²) in [6.07, 6.45) is 10.5. The van der Waals surface area contributed by atoms with E-state index in [-0.39, 0.29) is 0 Å². The maximum absolute atomic E-state index is 4.27. The summed E-state index contributed by atoms with van der Waals surface area (Å²) >= 11 is 0. The summed E-state index contributed by atoms with van der Waals surface area (Å²) in [5, 5.41) is 3.49. The first-order valence-electron chi connectivity index (χ1n) is 6.18. The van der Waals surface area contributed by atoms with E-state index in [1.54, 1.807) is 18.6 Å². The average molecular weight is 218 g/mol. The van der Waals surface area contributed by atoms with Gasteiger partial charge in [-0.2, -0.15) is 0 Å². The fraction of sp³-hybridized carbons (Fsp3) is 0.667. The lowest BCUT2D eigenvalue weighted by Gasteiger charge is -2.35. The molecule has 2 aliphatic rings. The fourth-order valence-corrected chi connectivity index (χ4v) is 2.94. The number of fused-ring (bicyclic) bond motifs is 1. The Balaban J connectivity index is 1.60. The Bertz CT molecular complexity index is 340. The molecule has 0 amide bonds. The quantitative estimate of drug-likeness (QED) is 0.817. The Labute approximate surface area is 96.1 Å². The summed E-state index contributed by atoms with van der Waals surface area (Å²) in [5.74, 6) is 0.916. The number of nitrogens with one attached hydrogen (secondary N) is 1. The molecule has 3 rings (SSSR count). The minimum Gasteiger partial charge on any atom is -0.366 e. The Hall–Kier alpha value is -1.16. The summed E-state index contributed by atoms with van der Waals surface area (Å²) in [6, 6.07) is 1.39. The zero-order valence-corrected chi connectivity index (χ0v) is 9.47. The SMILES string of the molecule is c1cnc(N[C@@H]2CCN3CCC[C@@H]3C2)cn1. The van der Waals surface area contributed by atoms with Crippen LogP contribution in [-0.4, -0.2) is 40.0 Å². The Morgan fingerprint density at radius 1 is 1.25 bits per heavy atom. The molecule has 2 aliphatic heterocycles. The number of hydrogen-bond acceptors (Lipinski definition) is 4. The summed E-state index contributed by atoms with van der Waals surface area (Å²) in [5.41, 5.74) is 0. The van der Waals surface area contributed by atoms with Gasteiger partial charge in [-0.25, -0.2) is 4.98 Å². The van der Waals surface area contributed by atoms with Gasteiger partial charge in [0.2, 0.25) is 0 Å². The second-order valence-corrected chi connectivity index (χ2v) is 4.79. The number of anilines is 1. The minimum absolute atomic E-state index is 0.580. The van der Waals surface area contributed by atoms with Gasteiger partial charge in [0.25, 0.3) is 0 Å². The molecule has 0 bridgehead atoms. The van der Waals surface area contributed by atoms with Crippen LogP contribution in [0, 0.1) is 0 Å².